The molecular formula is C11H11Cl2F2NO3. The number of hydrogen-bond acceptors (Lipinski definition) is 3. The highest BCUT2D eigenvalue weighted by molar-refractivity contribution is 6.42. The number of ether oxygens (including phenoxy) is 1. The summed E-state index contributed by atoms with van der Waals surface area (Å²) in [7, 11) is 0. The monoisotopic (exact) mass is 313 g/mol. The highest BCUT2D eigenvalue weighted by Gasteiger charge is 2.17. The van der Waals surface area contributed by atoms with Gasteiger partial charge in [0.1, 0.15) is 11.9 Å². The fourth-order valence-electron chi connectivity index (χ4n) is 1.07. The van der Waals surface area contributed by atoms with E-state index in [1.165, 1.54) is 18.2 Å². The molecule has 0 aliphatic heterocycles. The van der Waals surface area contributed by atoms with Gasteiger partial charge in [0, 0.05) is 12.6 Å². The molecule has 0 aliphatic carbocycles. The molecule has 0 bridgehead atoms. The zero-order valence-corrected chi connectivity index (χ0v) is 11.1. The van der Waals surface area contributed by atoms with Gasteiger partial charge in [0.05, 0.1) is 10.0 Å². The summed E-state index contributed by atoms with van der Waals surface area (Å²) in [5.41, 5.74) is 0. The van der Waals surface area contributed by atoms with Crippen LogP contribution in [0.4, 0.5) is 8.78 Å². The Morgan fingerprint density at radius 1 is 1.37 bits per heavy atom. The van der Waals surface area contributed by atoms with Crippen molar-refractivity contribution in [2.45, 2.75) is 12.5 Å². The normalized spacial score (nSPS) is 12.3. The number of nitrogens with one attached hydrogen (secondary N) is 1. The summed E-state index contributed by atoms with van der Waals surface area (Å²) in [5.74, 6) is -0.315. The lowest BCUT2D eigenvalue weighted by atomic mass is 10.3. The molecular weight excluding hydrogens is 303 g/mol. The van der Waals surface area contributed by atoms with Gasteiger partial charge in [-0.3, -0.25) is 4.79 Å². The number of rotatable bonds is 6. The lowest BCUT2D eigenvalue weighted by Gasteiger charge is -2.11. The third-order valence-corrected chi connectivity index (χ3v) is 2.80. The number of halogens is 4. The maximum absolute atomic E-state index is 12.0. The van der Waals surface area contributed by atoms with Crippen molar-refractivity contribution in [3.63, 3.8) is 0 Å². The van der Waals surface area contributed by atoms with E-state index in [1.807, 2.05) is 0 Å². The zero-order valence-electron chi connectivity index (χ0n) is 9.58. The fourth-order valence-corrected chi connectivity index (χ4v) is 1.36. The summed E-state index contributed by atoms with van der Waals surface area (Å²) in [6.45, 7) is -0.921. The van der Waals surface area contributed by atoms with Crippen LogP contribution in [0.25, 0.3) is 0 Å². The second-order valence-electron chi connectivity index (χ2n) is 3.57. The summed E-state index contributed by atoms with van der Waals surface area (Å²) >= 11 is 11.4. The summed E-state index contributed by atoms with van der Waals surface area (Å²) in [4.78, 5) is 11.2. The molecule has 1 aromatic carbocycles. The maximum atomic E-state index is 12.0. The minimum Gasteiger partial charge on any atom is -0.484 e. The number of aliphatic hydroxyl groups excluding tert-OH is 1. The van der Waals surface area contributed by atoms with Gasteiger partial charge in [-0.05, 0) is 12.1 Å². The molecule has 19 heavy (non-hydrogen) atoms. The third kappa shape index (κ3) is 5.59. The Kier molecular flexibility index (Phi) is 6.27. The van der Waals surface area contributed by atoms with Crippen molar-refractivity contribution in [2.24, 2.45) is 0 Å². The molecule has 8 heteroatoms. The van der Waals surface area contributed by atoms with Crippen LogP contribution in [0.5, 0.6) is 5.75 Å². The molecule has 0 aromatic heterocycles. The summed E-state index contributed by atoms with van der Waals surface area (Å²) in [6.07, 6.45) is -4.80. The van der Waals surface area contributed by atoms with Crippen LogP contribution in [0.2, 0.25) is 10.0 Å². The minimum atomic E-state index is -2.91. The van der Waals surface area contributed by atoms with Crippen LogP contribution in [-0.4, -0.2) is 36.7 Å². The first kappa shape index (κ1) is 15.9. The SMILES string of the molecule is O=C(COc1ccc(Cl)c(Cl)c1)NCC(O)C(F)F. The predicted molar refractivity (Wildman–Crippen MR) is 67.0 cm³/mol. The fraction of sp³-hybridized carbons (Fsp3) is 0.364. The number of hydrogen-bond donors (Lipinski definition) is 2. The smallest absolute Gasteiger partial charge is 0.265 e. The molecule has 0 fully saturated rings. The van der Waals surface area contributed by atoms with Crippen LogP contribution >= 0.6 is 23.2 Å². The molecule has 1 rings (SSSR count). The van der Waals surface area contributed by atoms with Gasteiger partial charge in [0.15, 0.2) is 6.61 Å². The molecule has 106 valence electrons. The van der Waals surface area contributed by atoms with Crippen molar-refractivity contribution in [1.29, 1.82) is 0 Å². The highest BCUT2D eigenvalue weighted by atomic mass is 35.5. The number of aliphatic hydroxyl groups is 1. The van der Waals surface area contributed by atoms with Gasteiger partial charge in [-0.25, -0.2) is 8.78 Å². The van der Waals surface area contributed by atoms with Crippen LogP contribution < -0.4 is 10.1 Å². The first-order chi connectivity index (χ1) is 8.90. The van der Waals surface area contributed by atoms with E-state index < -0.39 is 25.0 Å². The van der Waals surface area contributed by atoms with Crippen LogP contribution in [0.15, 0.2) is 18.2 Å². The predicted octanol–water partition coefficient (Wildman–Crippen LogP) is 2.11. The van der Waals surface area contributed by atoms with E-state index in [4.69, 9.17) is 33.0 Å². The summed E-state index contributed by atoms with van der Waals surface area (Å²) < 4.78 is 29.0. The van der Waals surface area contributed by atoms with E-state index in [0.717, 1.165) is 0 Å². The van der Waals surface area contributed by atoms with Gasteiger partial charge in [0.25, 0.3) is 12.3 Å². The number of alkyl halides is 2. The minimum absolute atomic E-state index is 0.271. The average molecular weight is 314 g/mol. The Morgan fingerprint density at radius 3 is 2.63 bits per heavy atom. The second-order valence-corrected chi connectivity index (χ2v) is 4.38. The van der Waals surface area contributed by atoms with Crippen LogP contribution in [0.1, 0.15) is 0 Å². The Hall–Kier alpha value is -1.11. The van der Waals surface area contributed by atoms with E-state index in [1.54, 1.807) is 0 Å². The van der Waals surface area contributed by atoms with Gasteiger partial charge in [-0.15, -0.1) is 0 Å². The molecule has 1 aromatic rings. The molecule has 0 saturated heterocycles. The highest BCUT2D eigenvalue weighted by Crippen LogP contribution is 2.26. The van der Waals surface area contributed by atoms with E-state index in [-0.39, 0.29) is 11.6 Å². The number of amides is 1. The standard InChI is InChI=1S/C11H11Cl2F2NO3/c12-7-2-1-6(3-8(7)13)19-5-10(18)16-4-9(17)11(14)15/h1-3,9,11,17H,4-5H2,(H,16,18). The van der Waals surface area contributed by atoms with Gasteiger partial charge in [-0.1, -0.05) is 23.2 Å². The van der Waals surface area contributed by atoms with E-state index >= 15 is 0 Å². The van der Waals surface area contributed by atoms with Crippen molar-refractivity contribution in [3.8, 4) is 5.75 Å². The Morgan fingerprint density at radius 2 is 2.05 bits per heavy atom. The molecule has 0 saturated carbocycles. The summed E-state index contributed by atoms with van der Waals surface area (Å²) in [5, 5.41) is 11.5. The quantitative estimate of drug-likeness (QED) is 0.845. The Balaban J connectivity index is 2.35. The van der Waals surface area contributed by atoms with Crippen molar-refractivity contribution in [3.05, 3.63) is 28.2 Å². The lowest BCUT2D eigenvalue weighted by Crippen LogP contribution is -2.38. The molecule has 1 atom stereocenters. The van der Waals surface area contributed by atoms with Crippen LogP contribution in [0, 0.1) is 0 Å². The molecule has 0 radical (unpaired) electrons. The second kappa shape index (κ2) is 7.47. The van der Waals surface area contributed by atoms with E-state index in [9.17, 15) is 13.6 Å². The maximum Gasteiger partial charge on any atom is 0.265 e. The zero-order chi connectivity index (χ0) is 14.4. The first-order valence-electron chi connectivity index (χ1n) is 5.21. The van der Waals surface area contributed by atoms with Gasteiger partial charge in [0.2, 0.25) is 0 Å². The third-order valence-electron chi connectivity index (χ3n) is 2.06. The van der Waals surface area contributed by atoms with Crippen molar-refractivity contribution in [1.82, 2.24) is 5.32 Å². The van der Waals surface area contributed by atoms with Gasteiger partial charge >= 0.3 is 0 Å². The molecule has 0 aliphatic rings. The molecule has 0 spiro atoms. The first-order valence-corrected chi connectivity index (χ1v) is 5.96. The lowest BCUT2D eigenvalue weighted by molar-refractivity contribution is -0.124. The molecule has 1 amide bonds. The van der Waals surface area contributed by atoms with Crippen molar-refractivity contribution >= 4 is 29.1 Å². The summed E-state index contributed by atoms with van der Waals surface area (Å²) in [6, 6.07) is 4.43. The molecule has 1 unspecified atom stereocenters. The number of carbonyl (C=O) groups excluding carboxylic acids is 1. The van der Waals surface area contributed by atoms with E-state index in [0.29, 0.717) is 10.8 Å². The van der Waals surface area contributed by atoms with E-state index in [2.05, 4.69) is 5.32 Å². The number of benzene rings is 1. The molecule has 2 N–H and O–H groups in total. The Labute approximate surface area is 118 Å². The Bertz CT molecular complexity index is 446. The molecule has 0 heterocycles. The van der Waals surface area contributed by atoms with Crippen molar-refractivity contribution in [2.75, 3.05) is 13.2 Å². The molecule has 4 nitrogen and oxygen atoms in total. The van der Waals surface area contributed by atoms with Gasteiger partial charge < -0.3 is 15.2 Å². The van der Waals surface area contributed by atoms with Crippen LogP contribution in [-0.2, 0) is 4.79 Å². The average Bonchev–Trinajstić information content (AvgIpc) is 2.37. The topological polar surface area (TPSA) is 58.6 Å². The van der Waals surface area contributed by atoms with Crippen molar-refractivity contribution < 1.29 is 23.4 Å². The van der Waals surface area contributed by atoms with Crippen LogP contribution in [0.3, 0.4) is 0 Å². The number of carbonyl (C=O) groups is 1. The largest absolute Gasteiger partial charge is 0.484 e. The van der Waals surface area contributed by atoms with Gasteiger partial charge in [-0.2, -0.15) is 0 Å².